The van der Waals surface area contributed by atoms with Crippen LogP contribution in [-0.2, 0) is 4.79 Å². The zero-order chi connectivity index (χ0) is 18.1. The third-order valence-corrected chi connectivity index (χ3v) is 3.46. The fourth-order valence-electron chi connectivity index (χ4n) is 2.22. The summed E-state index contributed by atoms with van der Waals surface area (Å²) in [6.07, 6.45) is 6.56. The zero-order valence-corrected chi connectivity index (χ0v) is 14.7. The molecule has 0 unspecified atom stereocenters. The number of hydrogen-bond acceptors (Lipinski definition) is 4. The quantitative estimate of drug-likeness (QED) is 0.669. The van der Waals surface area contributed by atoms with Gasteiger partial charge >= 0.3 is 0 Å². The van der Waals surface area contributed by atoms with Crippen LogP contribution in [0.25, 0.3) is 12.2 Å². The summed E-state index contributed by atoms with van der Waals surface area (Å²) in [7, 11) is 3.21. The maximum Gasteiger partial charge on any atom is 0.178 e. The van der Waals surface area contributed by atoms with E-state index in [1.165, 1.54) is 12.2 Å². The van der Waals surface area contributed by atoms with Crippen LogP contribution in [0.1, 0.15) is 18.1 Å². The topological polar surface area (TPSA) is 44.8 Å². The van der Waals surface area contributed by atoms with Crippen LogP contribution in [0.3, 0.4) is 0 Å². The molecule has 4 nitrogen and oxygen atoms in total. The molecule has 0 aliphatic heterocycles. The number of methoxy groups -OCH3 is 2. The fraction of sp³-hybridized carbons (Fsp3) is 0.190. The lowest BCUT2D eigenvalue weighted by molar-refractivity contribution is -0.110. The number of carbonyl (C=O) groups excluding carboxylic acids is 1. The molecule has 0 radical (unpaired) electrons. The molecule has 0 bridgehead atoms. The van der Waals surface area contributed by atoms with Gasteiger partial charge in [-0.25, -0.2) is 0 Å². The van der Waals surface area contributed by atoms with Crippen molar-refractivity contribution < 1.29 is 19.0 Å². The van der Waals surface area contributed by atoms with Gasteiger partial charge < -0.3 is 14.2 Å². The molecular weight excluding hydrogens is 316 g/mol. The van der Waals surface area contributed by atoms with Crippen LogP contribution < -0.4 is 14.2 Å². The largest absolute Gasteiger partial charge is 0.497 e. The van der Waals surface area contributed by atoms with Gasteiger partial charge in [0.05, 0.1) is 20.8 Å². The van der Waals surface area contributed by atoms with Gasteiger partial charge in [-0.2, -0.15) is 0 Å². The van der Waals surface area contributed by atoms with E-state index in [-0.39, 0.29) is 5.78 Å². The highest BCUT2D eigenvalue weighted by molar-refractivity contribution is 6.04. The molecule has 0 atom stereocenters. The average molecular weight is 338 g/mol. The molecule has 4 heteroatoms. The van der Waals surface area contributed by atoms with E-state index in [0.29, 0.717) is 18.1 Å². The molecule has 0 N–H and O–H groups in total. The highest BCUT2D eigenvalue weighted by Crippen LogP contribution is 2.28. The zero-order valence-electron chi connectivity index (χ0n) is 14.7. The first-order valence-electron chi connectivity index (χ1n) is 8.01. The Balaban J connectivity index is 2.06. The summed E-state index contributed by atoms with van der Waals surface area (Å²) in [5, 5.41) is 0. The second-order valence-electron chi connectivity index (χ2n) is 5.19. The van der Waals surface area contributed by atoms with Crippen molar-refractivity contribution in [1.29, 1.82) is 0 Å². The summed E-state index contributed by atoms with van der Waals surface area (Å²) in [5.74, 6) is 1.98. The predicted molar refractivity (Wildman–Crippen MR) is 100 cm³/mol. The van der Waals surface area contributed by atoms with E-state index >= 15 is 0 Å². The molecule has 0 saturated heterocycles. The minimum absolute atomic E-state index is 0.100. The molecule has 0 fully saturated rings. The Labute approximate surface area is 148 Å². The second-order valence-corrected chi connectivity index (χ2v) is 5.19. The first-order chi connectivity index (χ1) is 12.2. The molecule has 0 aliphatic rings. The van der Waals surface area contributed by atoms with E-state index in [2.05, 4.69) is 0 Å². The molecule has 0 aliphatic carbocycles. The van der Waals surface area contributed by atoms with Gasteiger partial charge in [0.2, 0.25) is 0 Å². The van der Waals surface area contributed by atoms with E-state index in [9.17, 15) is 4.79 Å². The van der Waals surface area contributed by atoms with Gasteiger partial charge in [0.1, 0.15) is 5.75 Å². The van der Waals surface area contributed by atoms with Crippen molar-refractivity contribution in [3.05, 3.63) is 65.7 Å². The fourth-order valence-corrected chi connectivity index (χ4v) is 2.22. The van der Waals surface area contributed by atoms with Gasteiger partial charge in [-0.05, 0) is 54.5 Å². The lowest BCUT2D eigenvalue weighted by Gasteiger charge is -2.09. The summed E-state index contributed by atoms with van der Waals surface area (Å²) >= 11 is 0. The Morgan fingerprint density at radius 3 is 2.28 bits per heavy atom. The van der Waals surface area contributed by atoms with Gasteiger partial charge in [-0.15, -0.1) is 0 Å². The minimum atomic E-state index is -0.100. The van der Waals surface area contributed by atoms with Crippen molar-refractivity contribution in [2.45, 2.75) is 6.92 Å². The summed E-state index contributed by atoms with van der Waals surface area (Å²) in [4.78, 5) is 12.0. The van der Waals surface area contributed by atoms with Gasteiger partial charge in [0.15, 0.2) is 17.3 Å². The Morgan fingerprint density at radius 1 is 0.920 bits per heavy atom. The van der Waals surface area contributed by atoms with Crippen molar-refractivity contribution in [2.75, 3.05) is 20.8 Å². The van der Waals surface area contributed by atoms with Crippen molar-refractivity contribution in [2.24, 2.45) is 0 Å². The first-order valence-corrected chi connectivity index (χ1v) is 8.01. The Morgan fingerprint density at radius 2 is 1.64 bits per heavy atom. The summed E-state index contributed by atoms with van der Waals surface area (Å²) < 4.78 is 15.9. The third-order valence-electron chi connectivity index (χ3n) is 3.46. The van der Waals surface area contributed by atoms with Gasteiger partial charge in [0.25, 0.3) is 0 Å². The van der Waals surface area contributed by atoms with Crippen LogP contribution in [0.15, 0.2) is 54.6 Å². The van der Waals surface area contributed by atoms with Crippen molar-refractivity contribution in [3.63, 3.8) is 0 Å². The van der Waals surface area contributed by atoms with Gasteiger partial charge in [-0.3, -0.25) is 4.79 Å². The summed E-state index contributed by atoms with van der Waals surface area (Å²) in [6, 6.07) is 13.1. The third kappa shape index (κ3) is 5.53. The van der Waals surface area contributed by atoms with Crippen LogP contribution in [0.5, 0.6) is 17.2 Å². The number of benzene rings is 2. The van der Waals surface area contributed by atoms with Crippen LogP contribution in [0.2, 0.25) is 0 Å². The van der Waals surface area contributed by atoms with Crippen LogP contribution >= 0.6 is 0 Å². The van der Waals surface area contributed by atoms with Crippen LogP contribution in [0, 0.1) is 0 Å². The Kier molecular flexibility index (Phi) is 6.84. The average Bonchev–Trinajstić information content (AvgIpc) is 2.65. The number of allylic oxidation sites excluding steroid dienone is 2. The Hall–Kier alpha value is -3.01. The van der Waals surface area contributed by atoms with E-state index in [1.807, 2.05) is 49.4 Å². The molecule has 0 amide bonds. The van der Waals surface area contributed by atoms with E-state index in [0.717, 1.165) is 16.9 Å². The molecule has 25 heavy (non-hydrogen) atoms. The second kappa shape index (κ2) is 9.33. The van der Waals surface area contributed by atoms with Gasteiger partial charge in [0, 0.05) is 0 Å². The molecule has 2 aromatic rings. The van der Waals surface area contributed by atoms with Crippen molar-refractivity contribution >= 4 is 17.9 Å². The standard InChI is InChI=1S/C21H22O4/c1-4-25-21-15-17(10-13-20(21)24-3)9-12-18(22)11-8-16-6-5-7-19(14-16)23-2/h5-15H,4H2,1-3H3/b11-8-,12-9+. The highest BCUT2D eigenvalue weighted by atomic mass is 16.5. The smallest absolute Gasteiger partial charge is 0.178 e. The lowest BCUT2D eigenvalue weighted by Crippen LogP contribution is -1.95. The minimum Gasteiger partial charge on any atom is -0.497 e. The molecule has 0 saturated carbocycles. The molecule has 2 aromatic carbocycles. The SMILES string of the molecule is CCOc1cc(/C=C/C(=O)/C=C\c2cccc(OC)c2)ccc1OC. The Bertz CT molecular complexity index is 775. The van der Waals surface area contributed by atoms with E-state index in [1.54, 1.807) is 26.4 Å². The van der Waals surface area contributed by atoms with Crippen LogP contribution in [0.4, 0.5) is 0 Å². The maximum absolute atomic E-state index is 12.0. The van der Waals surface area contributed by atoms with Crippen molar-refractivity contribution in [3.8, 4) is 17.2 Å². The normalized spacial score (nSPS) is 11.0. The van der Waals surface area contributed by atoms with Gasteiger partial charge in [-0.1, -0.05) is 30.4 Å². The number of rotatable bonds is 8. The first kappa shape index (κ1) is 18.3. The predicted octanol–water partition coefficient (Wildman–Crippen LogP) is 4.40. The lowest BCUT2D eigenvalue weighted by atomic mass is 10.1. The van der Waals surface area contributed by atoms with E-state index < -0.39 is 0 Å². The van der Waals surface area contributed by atoms with Crippen molar-refractivity contribution in [1.82, 2.24) is 0 Å². The molecule has 0 spiro atoms. The molecule has 0 aromatic heterocycles. The maximum atomic E-state index is 12.0. The molecule has 0 heterocycles. The number of hydrogen-bond donors (Lipinski definition) is 0. The van der Waals surface area contributed by atoms with Crippen LogP contribution in [-0.4, -0.2) is 26.6 Å². The monoisotopic (exact) mass is 338 g/mol. The summed E-state index contributed by atoms with van der Waals surface area (Å²) in [5.41, 5.74) is 1.77. The number of carbonyl (C=O) groups is 1. The number of ether oxygens (including phenoxy) is 3. The summed E-state index contributed by atoms with van der Waals surface area (Å²) in [6.45, 7) is 2.46. The molecule has 2 rings (SSSR count). The molecule has 130 valence electrons. The molecular formula is C21H22O4. The number of ketones is 1. The van der Waals surface area contributed by atoms with E-state index in [4.69, 9.17) is 14.2 Å². The highest BCUT2D eigenvalue weighted by Gasteiger charge is 2.04.